The molecule has 6 heteroatoms. The Balaban J connectivity index is 2.16. The Morgan fingerprint density at radius 1 is 1.32 bits per heavy atom. The van der Waals surface area contributed by atoms with Crippen LogP contribution < -0.4 is 5.32 Å². The van der Waals surface area contributed by atoms with Gasteiger partial charge < -0.3 is 10.4 Å². The molecule has 5 nitrogen and oxygen atoms in total. The van der Waals surface area contributed by atoms with E-state index in [1.807, 2.05) is 26.0 Å². The van der Waals surface area contributed by atoms with Crippen LogP contribution in [0.25, 0.3) is 0 Å². The number of aromatic nitrogens is 2. The zero-order valence-corrected chi connectivity index (χ0v) is 13.3. The molecule has 22 heavy (non-hydrogen) atoms. The highest BCUT2D eigenvalue weighted by Gasteiger charge is 2.15. The van der Waals surface area contributed by atoms with Crippen LogP contribution in [0.5, 0.6) is 0 Å². The molecule has 0 aliphatic heterocycles. The highest BCUT2D eigenvalue weighted by Crippen LogP contribution is 2.18. The van der Waals surface area contributed by atoms with Crippen molar-refractivity contribution in [3.8, 4) is 0 Å². The van der Waals surface area contributed by atoms with E-state index < -0.39 is 0 Å². The minimum atomic E-state index is -0.371. The Morgan fingerprint density at radius 2 is 2.00 bits per heavy atom. The van der Waals surface area contributed by atoms with Gasteiger partial charge in [0, 0.05) is 18.2 Å². The summed E-state index contributed by atoms with van der Waals surface area (Å²) in [6.07, 6.45) is 2.03. The number of hydrogen-bond acceptors (Lipinski definition) is 4. The number of nitrogens with one attached hydrogen (secondary N) is 1. The zero-order valence-electron chi connectivity index (χ0n) is 12.5. The number of halogens is 1. The molecular formula is C16H18ClN3O2. The lowest BCUT2D eigenvalue weighted by Crippen LogP contribution is -2.16. The first-order valence-corrected chi connectivity index (χ1v) is 7.42. The van der Waals surface area contributed by atoms with Crippen molar-refractivity contribution in [2.45, 2.75) is 26.2 Å². The van der Waals surface area contributed by atoms with Crippen LogP contribution in [-0.4, -0.2) is 27.6 Å². The second kappa shape index (κ2) is 7.33. The van der Waals surface area contributed by atoms with Gasteiger partial charge in [-0.3, -0.25) is 4.79 Å². The molecular weight excluding hydrogens is 302 g/mol. The maximum atomic E-state index is 12.3. The molecule has 2 rings (SSSR count). The van der Waals surface area contributed by atoms with Gasteiger partial charge in [-0.25, -0.2) is 9.97 Å². The molecule has 1 heterocycles. The first kappa shape index (κ1) is 16.4. The molecule has 1 amide bonds. The first-order valence-electron chi connectivity index (χ1n) is 7.05. The van der Waals surface area contributed by atoms with Crippen molar-refractivity contribution >= 4 is 23.2 Å². The van der Waals surface area contributed by atoms with Crippen molar-refractivity contribution in [1.29, 1.82) is 0 Å². The van der Waals surface area contributed by atoms with Gasteiger partial charge in [0.2, 0.25) is 0 Å². The predicted octanol–water partition coefficient (Wildman–Crippen LogP) is 3.04. The van der Waals surface area contributed by atoms with E-state index in [1.54, 1.807) is 12.1 Å². The maximum absolute atomic E-state index is 12.3. The molecule has 0 aliphatic carbocycles. The molecule has 0 saturated heterocycles. The molecule has 2 aromatic rings. The third-order valence-electron chi connectivity index (χ3n) is 3.11. The van der Waals surface area contributed by atoms with E-state index in [1.165, 1.54) is 6.20 Å². The SMILES string of the molecule is CC(C)c1ncc(Cl)c(C(=O)Nc2ccc(CCO)cc2)n1. The van der Waals surface area contributed by atoms with E-state index in [0.29, 0.717) is 17.9 Å². The third kappa shape index (κ3) is 4.02. The average molecular weight is 320 g/mol. The summed E-state index contributed by atoms with van der Waals surface area (Å²) in [7, 11) is 0. The second-order valence-electron chi connectivity index (χ2n) is 5.20. The quantitative estimate of drug-likeness (QED) is 0.888. The van der Waals surface area contributed by atoms with E-state index in [-0.39, 0.29) is 29.1 Å². The normalized spacial score (nSPS) is 10.8. The molecule has 0 radical (unpaired) electrons. The number of rotatable bonds is 5. The number of aliphatic hydroxyl groups excluding tert-OH is 1. The molecule has 0 spiro atoms. The minimum Gasteiger partial charge on any atom is -0.396 e. The van der Waals surface area contributed by atoms with Gasteiger partial charge in [0.25, 0.3) is 5.91 Å². The average Bonchev–Trinajstić information content (AvgIpc) is 2.49. The predicted molar refractivity (Wildman–Crippen MR) is 86.3 cm³/mol. The summed E-state index contributed by atoms with van der Waals surface area (Å²) >= 11 is 6.01. The lowest BCUT2D eigenvalue weighted by Gasteiger charge is -2.09. The van der Waals surface area contributed by atoms with Gasteiger partial charge in [-0.05, 0) is 24.1 Å². The lowest BCUT2D eigenvalue weighted by atomic mass is 10.1. The molecule has 1 aromatic heterocycles. The number of anilines is 1. The van der Waals surface area contributed by atoms with Crippen LogP contribution in [0.2, 0.25) is 5.02 Å². The highest BCUT2D eigenvalue weighted by molar-refractivity contribution is 6.33. The van der Waals surface area contributed by atoms with Gasteiger partial charge in [0.15, 0.2) is 5.69 Å². The monoisotopic (exact) mass is 319 g/mol. The standard InChI is InChI=1S/C16H18ClN3O2/c1-10(2)15-18-9-13(17)14(20-15)16(22)19-12-5-3-11(4-6-12)7-8-21/h3-6,9-10,21H,7-8H2,1-2H3,(H,19,22). The summed E-state index contributed by atoms with van der Waals surface area (Å²) in [6, 6.07) is 7.27. The summed E-state index contributed by atoms with van der Waals surface area (Å²) in [5.74, 6) is 0.318. The van der Waals surface area contributed by atoms with Crippen molar-refractivity contribution in [3.05, 3.63) is 52.6 Å². The Kier molecular flexibility index (Phi) is 5.46. The van der Waals surface area contributed by atoms with E-state index in [2.05, 4.69) is 15.3 Å². The lowest BCUT2D eigenvalue weighted by molar-refractivity contribution is 0.102. The van der Waals surface area contributed by atoms with Crippen molar-refractivity contribution in [2.75, 3.05) is 11.9 Å². The number of amides is 1. The topological polar surface area (TPSA) is 75.1 Å². The summed E-state index contributed by atoms with van der Waals surface area (Å²) in [6.45, 7) is 4.00. The van der Waals surface area contributed by atoms with E-state index in [0.717, 1.165) is 5.56 Å². The molecule has 0 saturated carbocycles. The fourth-order valence-electron chi connectivity index (χ4n) is 1.89. The van der Waals surface area contributed by atoms with Crippen molar-refractivity contribution in [3.63, 3.8) is 0 Å². The Labute approximate surface area is 134 Å². The van der Waals surface area contributed by atoms with Gasteiger partial charge in [0.05, 0.1) is 11.2 Å². The van der Waals surface area contributed by atoms with E-state index in [9.17, 15) is 4.79 Å². The molecule has 0 fully saturated rings. The number of aliphatic hydroxyl groups is 1. The molecule has 0 atom stereocenters. The number of nitrogens with zero attached hydrogens (tertiary/aromatic N) is 2. The van der Waals surface area contributed by atoms with Crippen LogP contribution in [0, 0.1) is 0 Å². The van der Waals surface area contributed by atoms with E-state index in [4.69, 9.17) is 16.7 Å². The number of carbonyl (C=O) groups excluding carboxylic acids is 1. The fraction of sp³-hybridized carbons (Fsp3) is 0.312. The fourth-order valence-corrected chi connectivity index (χ4v) is 2.07. The smallest absolute Gasteiger partial charge is 0.275 e. The second-order valence-corrected chi connectivity index (χ2v) is 5.61. The Bertz CT molecular complexity index is 657. The maximum Gasteiger partial charge on any atom is 0.275 e. The van der Waals surface area contributed by atoms with Gasteiger partial charge in [-0.1, -0.05) is 37.6 Å². The van der Waals surface area contributed by atoms with E-state index >= 15 is 0 Å². The molecule has 2 N–H and O–H groups in total. The van der Waals surface area contributed by atoms with Crippen LogP contribution >= 0.6 is 11.6 Å². The molecule has 0 unspecified atom stereocenters. The number of carbonyl (C=O) groups is 1. The summed E-state index contributed by atoms with van der Waals surface area (Å²) in [5.41, 5.74) is 1.81. The van der Waals surface area contributed by atoms with Crippen LogP contribution in [-0.2, 0) is 6.42 Å². The summed E-state index contributed by atoms with van der Waals surface area (Å²) < 4.78 is 0. The van der Waals surface area contributed by atoms with Crippen molar-refractivity contribution < 1.29 is 9.90 Å². The van der Waals surface area contributed by atoms with Gasteiger partial charge in [-0.2, -0.15) is 0 Å². The van der Waals surface area contributed by atoms with Gasteiger partial charge in [0.1, 0.15) is 5.82 Å². The van der Waals surface area contributed by atoms with Crippen LogP contribution in [0.15, 0.2) is 30.5 Å². The molecule has 0 aliphatic rings. The van der Waals surface area contributed by atoms with Gasteiger partial charge >= 0.3 is 0 Å². The van der Waals surface area contributed by atoms with Crippen LogP contribution in [0.3, 0.4) is 0 Å². The number of benzene rings is 1. The third-order valence-corrected chi connectivity index (χ3v) is 3.38. The highest BCUT2D eigenvalue weighted by atomic mass is 35.5. The van der Waals surface area contributed by atoms with Gasteiger partial charge in [-0.15, -0.1) is 0 Å². The summed E-state index contributed by atoms with van der Waals surface area (Å²) in [5, 5.41) is 11.9. The largest absolute Gasteiger partial charge is 0.396 e. The zero-order chi connectivity index (χ0) is 16.1. The van der Waals surface area contributed by atoms with Crippen LogP contribution in [0.4, 0.5) is 5.69 Å². The first-order chi connectivity index (χ1) is 10.5. The molecule has 0 bridgehead atoms. The van der Waals surface area contributed by atoms with Crippen molar-refractivity contribution in [2.24, 2.45) is 0 Å². The summed E-state index contributed by atoms with van der Waals surface area (Å²) in [4.78, 5) is 20.6. The molecule has 116 valence electrons. The minimum absolute atomic E-state index is 0.0974. The number of hydrogen-bond donors (Lipinski definition) is 2. The van der Waals surface area contributed by atoms with Crippen molar-refractivity contribution in [1.82, 2.24) is 9.97 Å². The molecule has 1 aromatic carbocycles. The Hall–Kier alpha value is -1.98. The van der Waals surface area contributed by atoms with Crippen LogP contribution in [0.1, 0.15) is 41.6 Å². The Morgan fingerprint density at radius 3 is 2.59 bits per heavy atom.